The Morgan fingerprint density at radius 3 is 1.95 bits per heavy atom. The second kappa shape index (κ2) is 4.59. The highest BCUT2D eigenvalue weighted by Gasteiger charge is 2.51. The summed E-state index contributed by atoms with van der Waals surface area (Å²) >= 11 is 0. The molecule has 2 N–H and O–H groups in total. The molecule has 4 aliphatic rings. The van der Waals surface area contributed by atoms with Crippen molar-refractivity contribution in [3.63, 3.8) is 0 Å². The van der Waals surface area contributed by atoms with Crippen LogP contribution in [0, 0.1) is 17.8 Å². The molecule has 0 radical (unpaired) electrons. The van der Waals surface area contributed by atoms with Crippen LogP contribution >= 0.6 is 0 Å². The maximum atomic E-state index is 6.15. The van der Waals surface area contributed by atoms with Crippen molar-refractivity contribution in [3.05, 3.63) is 35.4 Å². The molecule has 0 unspecified atom stereocenters. The van der Waals surface area contributed by atoms with Gasteiger partial charge >= 0.3 is 0 Å². The molecule has 0 heterocycles. The van der Waals surface area contributed by atoms with E-state index in [9.17, 15) is 0 Å². The number of benzene rings is 1. The quantitative estimate of drug-likeness (QED) is 0.855. The van der Waals surface area contributed by atoms with Crippen molar-refractivity contribution in [1.29, 1.82) is 0 Å². The van der Waals surface area contributed by atoms with E-state index in [0.29, 0.717) is 5.41 Å². The summed E-state index contributed by atoms with van der Waals surface area (Å²) in [5, 5.41) is 0. The zero-order valence-electron chi connectivity index (χ0n) is 12.6. The first-order valence-electron chi connectivity index (χ1n) is 8.54. The first-order chi connectivity index (χ1) is 9.68. The van der Waals surface area contributed by atoms with Crippen LogP contribution in [0.5, 0.6) is 0 Å². The summed E-state index contributed by atoms with van der Waals surface area (Å²) in [6.45, 7) is 2.16. The molecule has 1 nitrogen and oxygen atoms in total. The number of hydrogen-bond acceptors (Lipinski definition) is 1. The molecule has 108 valence electrons. The van der Waals surface area contributed by atoms with Crippen molar-refractivity contribution in [1.82, 2.24) is 0 Å². The standard InChI is InChI=1S/C19H27N/c1-2-18(20)16-3-5-17(6-4-16)19-10-13-7-14(11-19)9-15(8-13)12-19/h3-6,13-15,18H,2,7-12,20H2,1H3/t13?,14?,15?,18-,19?/m1/s1. The van der Waals surface area contributed by atoms with E-state index >= 15 is 0 Å². The Hall–Kier alpha value is -0.820. The highest BCUT2D eigenvalue weighted by Crippen LogP contribution is 2.60. The van der Waals surface area contributed by atoms with Crippen molar-refractivity contribution in [3.8, 4) is 0 Å². The normalized spacial score (nSPS) is 40.0. The highest BCUT2D eigenvalue weighted by molar-refractivity contribution is 5.33. The van der Waals surface area contributed by atoms with Gasteiger partial charge in [0.2, 0.25) is 0 Å². The first-order valence-corrected chi connectivity index (χ1v) is 8.54. The average Bonchev–Trinajstić information content (AvgIpc) is 2.45. The van der Waals surface area contributed by atoms with E-state index < -0.39 is 0 Å². The van der Waals surface area contributed by atoms with Gasteiger partial charge in [-0.15, -0.1) is 0 Å². The van der Waals surface area contributed by atoms with Gasteiger partial charge in [0.05, 0.1) is 0 Å². The molecule has 1 aromatic carbocycles. The molecule has 0 aliphatic heterocycles. The van der Waals surface area contributed by atoms with Crippen molar-refractivity contribution in [2.24, 2.45) is 23.5 Å². The van der Waals surface area contributed by atoms with Crippen LogP contribution in [0.4, 0.5) is 0 Å². The van der Waals surface area contributed by atoms with Crippen LogP contribution in [0.3, 0.4) is 0 Å². The van der Waals surface area contributed by atoms with Crippen LogP contribution in [0.2, 0.25) is 0 Å². The predicted octanol–water partition coefficient (Wildman–Crippen LogP) is 4.56. The lowest BCUT2D eigenvalue weighted by molar-refractivity contribution is -0.00519. The summed E-state index contributed by atoms with van der Waals surface area (Å²) in [5.41, 5.74) is 9.60. The third-order valence-corrected chi connectivity index (χ3v) is 6.43. The molecule has 4 aliphatic carbocycles. The topological polar surface area (TPSA) is 26.0 Å². The molecule has 0 saturated heterocycles. The summed E-state index contributed by atoms with van der Waals surface area (Å²) in [6.07, 6.45) is 9.97. The Morgan fingerprint density at radius 2 is 1.50 bits per heavy atom. The van der Waals surface area contributed by atoms with Crippen molar-refractivity contribution < 1.29 is 0 Å². The van der Waals surface area contributed by atoms with Gasteiger partial charge in [0.1, 0.15) is 0 Å². The van der Waals surface area contributed by atoms with Crippen LogP contribution in [0.25, 0.3) is 0 Å². The molecule has 4 fully saturated rings. The van der Waals surface area contributed by atoms with Crippen LogP contribution in [-0.2, 0) is 5.41 Å². The molecular weight excluding hydrogens is 242 g/mol. The lowest BCUT2D eigenvalue weighted by Gasteiger charge is -2.57. The largest absolute Gasteiger partial charge is 0.324 e. The molecule has 1 aromatic rings. The maximum Gasteiger partial charge on any atom is 0.0292 e. The second-order valence-electron chi connectivity index (χ2n) is 7.83. The van der Waals surface area contributed by atoms with E-state index in [4.69, 9.17) is 5.73 Å². The van der Waals surface area contributed by atoms with E-state index in [2.05, 4.69) is 31.2 Å². The monoisotopic (exact) mass is 269 g/mol. The Morgan fingerprint density at radius 1 is 1.00 bits per heavy atom. The maximum absolute atomic E-state index is 6.15. The molecule has 4 saturated carbocycles. The minimum Gasteiger partial charge on any atom is -0.324 e. The molecular formula is C19H27N. The van der Waals surface area contributed by atoms with Crippen LogP contribution in [0.15, 0.2) is 24.3 Å². The minimum absolute atomic E-state index is 0.209. The smallest absolute Gasteiger partial charge is 0.0292 e. The summed E-state index contributed by atoms with van der Waals surface area (Å²) in [7, 11) is 0. The summed E-state index contributed by atoms with van der Waals surface area (Å²) in [4.78, 5) is 0. The fourth-order valence-electron chi connectivity index (χ4n) is 5.78. The fourth-order valence-corrected chi connectivity index (χ4v) is 5.78. The van der Waals surface area contributed by atoms with Crippen LogP contribution < -0.4 is 5.73 Å². The predicted molar refractivity (Wildman–Crippen MR) is 83.5 cm³/mol. The molecule has 0 amide bonds. The van der Waals surface area contributed by atoms with Gasteiger partial charge in [-0.2, -0.15) is 0 Å². The second-order valence-corrected chi connectivity index (χ2v) is 7.83. The molecule has 0 spiro atoms. The van der Waals surface area contributed by atoms with Gasteiger partial charge in [0.25, 0.3) is 0 Å². The van der Waals surface area contributed by atoms with Gasteiger partial charge in [0, 0.05) is 6.04 Å². The van der Waals surface area contributed by atoms with E-state index in [1.54, 1.807) is 5.56 Å². The molecule has 1 heteroatoms. The molecule has 4 bridgehead atoms. The van der Waals surface area contributed by atoms with Gasteiger partial charge in [-0.25, -0.2) is 0 Å². The SMILES string of the molecule is CC[C@@H](N)c1ccc(C23CC4CC(CC(C4)C2)C3)cc1. The first kappa shape index (κ1) is 12.9. The summed E-state index contributed by atoms with van der Waals surface area (Å²) in [5.74, 6) is 3.08. The average molecular weight is 269 g/mol. The molecule has 20 heavy (non-hydrogen) atoms. The summed E-state index contributed by atoms with van der Waals surface area (Å²) in [6, 6.07) is 9.60. The molecule has 5 rings (SSSR count). The van der Waals surface area contributed by atoms with Crippen LogP contribution in [0.1, 0.15) is 69.0 Å². The van der Waals surface area contributed by atoms with E-state index in [-0.39, 0.29) is 6.04 Å². The van der Waals surface area contributed by atoms with E-state index in [0.717, 1.165) is 24.2 Å². The zero-order chi connectivity index (χ0) is 13.7. The molecule has 1 atom stereocenters. The lowest BCUT2D eigenvalue weighted by atomic mass is 9.48. The van der Waals surface area contributed by atoms with Crippen LogP contribution in [-0.4, -0.2) is 0 Å². The van der Waals surface area contributed by atoms with Gasteiger partial charge in [-0.1, -0.05) is 31.2 Å². The minimum atomic E-state index is 0.209. The van der Waals surface area contributed by atoms with Crippen molar-refractivity contribution in [2.45, 2.75) is 63.3 Å². The molecule has 0 aromatic heterocycles. The van der Waals surface area contributed by atoms with Gasteiger partial charge in [-0.3, -0.25) is 0 Å². The Bertz CT molecular complexity index is 452. The van der Waals surface area contributed by atoms with Crippen molar-refractivity contribution in [2.75, 3.05) is 0 Å². The lowest BCUT2D eigenvalue weighted by Crippen LogP contribution is -2.48. The van der Waals surface area contributed by atoms with Gasteiger partial charge < -0.3 is 5.73 Å². The zero-order valence-corrected chi connectivity index (χ0v) is 12.6. The highest BCUT2D eigenvalue weighted by atomic mass is 14.6. The summed E-state index contributed by atoms with van der Waals surface area (Å²) < 4.78 is 0. The van der Waals surface area contributed by atoms with Crippen molar-refractivity contribution >= 4 is 0 Å². The third kappa shape index (κ3) is 1.94. The Kier molecular flexibility index (Phi) is 2.96. The van der Waals surface area contributed by atoms with Gasteiger partial charge in [0.15, 0.2) is 0 Å². The van der Waals surface area contributed by atoms with E-state index in [1.807, 2.05) is 0 Å². The number of rotatable bonds is 3. The Labute approximate surface area is 122 Å². The fraction of sp³-hybridized carbons (Fsp3) is 0.684. The number of hydrogen-bond donors (Lipinski definition) is 1. The number of nitrogens with two attached hydrogens (primary N) is 1. The van der Waals surface area contributed by atoms with Gasteiger partial charge in [-0.05, 0) is 79.2 Å². The third-order valence-electron chi connectivity index (χ3n) is 6.43. The Balaban J connectivity index is 1.64. The van der Waals surface area contributed by atoms with E-state index in [1.165, 1.54) is 44.1 Å².